The van der Waals surface area contributed by atoms with Gasteiger partial charge in [-0.1, -0.05) is 17.8 Å². The zero-order valence-electron chi connectivity index (χ0n) is 16.5. The van der Waals surface area contributed by atoms with Crippen LogP contribution in [0.4, 0.5) is 0 Å². The molecule has 0 unspecified atom stereocenters. The second-order valence-electron chi connectivity index (χ2n) is 7.27. The number of thioether (sulfide) groups is 1. The Morgan fingerprint density at radius 1 is 1.15 bits per heavy atom. The predicted molar refractivity (Wildman–Crippen MR) is 112 cm³/mol. The van der Waals surface area contributed by atoms with Gasteiger partial charge in [-0.25, -0.2) is 9.97 Å². The van der Waals surface area contributed by atoms with Gasteiger partial charge in [0.25, 0.3) is 0 Å². The van der Waals surface area contributed by atoms with E-state index in [0.29, 0.717) is 5.75 Å². The second-order valence-corrected chi connectivity index (χ2v) is 8.26. The Bertz CT molecular complexity index is 923. The summed E-state index contributed by atoms with van der Waals surface area (Å²) in [6, 6.07) is 10.5. The molecule has 1 aromatic carbocycles. The Labute approximate surface area is 164 Å². The van der Waals surface area contributed by atoms with Crippen LogP contribution in [-0.4, -0.2) is 43.6 Å². The molecule has 0 radical (unpaired) electrons. The van der Waals surface area contributed by atoms with E-state index in [9.17, 15) is 4.79 Å². The van der Waals surface area contributed by atoms with Crippen LogP contribution in [0.1, 0.15) is 33.3 Å². The molecule has 0 saturated heterocycles. The summed E-state index contributed by atoms with van der Waals surface area (Å²) in [5.41, 5.74) is 4.10. The van der Waals surface area contributed by atoms with Gasteiger partial charge in [0.2, 0.25) is 5.91 Å². The highest BCUT2D eigenvalue weighted by molar-refractivity contribution is 7.99. The lowest BCUT2D eigenvalue weighted by atomic mass is 10.2. The molecule has 0 atom stereocenters. The third-order valence-electron chi connectivity index (χ3n) is 4.39. The van der Waals surface area contributed by atoms with Crippen molar-refractivity contribution in [3.05, 3.63) is 42.1 Å². The number of nitrogens with zero attached hydrogens (tertiary/aromatic N) is 3. The summed E-state index contributed by atoms with van der Waals surface area (Å²) < 4.78 is 0. The maximum absolute atomic E-state index is 12.5. The number of fused-ring (bicyclic) bond motifs is 1. The fourth-order valence-electron chi connectivity index (χ4n) is 3.25. The zero-order chi connectivity index (χ0) is 19.6. The van der Waals surface area contributed by atoms with Crippen LogP contribution in [0.5, 0.6) is 0 Å². The highest BCUT2D eigenvalue weighted by Gasteiger charge is 2.20. The van der Waals surface area contributed by atoms with Gasteiger partial charge < -0.3 is 9.88 Å². The maximum Gasteiger partial charge on any atom is 0.233 e. The fraction of sp³-hybridized carbons (Fsp3) is 0.381. The van der Waals surface area contributed by atoms with Crippen molar-refractivity contribution in [1.29, 1.82) is 0 Å². The first-order valence-electron chi connectivity index (χ1n) is 9.22. The van der Waals surface area contributed by atoms with Crippen molar-refractivity contribution in [3.63, 3.8) is 0 Å². The van der Waals surface area contributed by atoms with Crippen molar-refractivity contribution in [2.75, 3.05) is 5.75 Å². The Morgan fingerprint density at radius 3 is 2.52 bits per heavy atom. The number of aromatic amines is 1. The number of hydrogen-bond donors (Lipinski definition) is 1. The molecule has 27 heavy (non-hydrogen) atoms. The van der Waals surface area contributed by atoms with Crippen LogP contribution in [-0.2, 0) is 4.79 Å². The largest absolute Gasteiger partial charge is 0.338 e. The summed E-state index contributed by atoms with van der Waals surface area (Å²) >= 11 is 1.47. The normalized spacial score (nSPS) is 11.5. The van der Waals surface area contributed by atoms with E-state index >= 15 is 0 Å². The first-order chi connectivity index (χ1) is 12.8. The van der Waals surface area contributed by atoms with Gasteiger partial charge in [-0.2, -0.15) is 0 Å². The number of carbonyl (C=O) groups excluding carboxylic acids is 1. The molecule has 142 valence electrons. The minimum absolute atomic E-state index is 0.142. The molecule has 6 heteroatoms. The molecule has 1 N–H and O–H groups in total. The van der Waals surface area contributed by atoms with E-state index in [1.54, 1.807) is 6.20 Å². The number of rotatable bonds is 6. The smallest absolute Gasteiger partial charge is 0.233 e. The molecule has 0 aliphatic heterocycles. The van der Waals surface area contributed by atoms with Gasteiger partial charge in [-0.3, -0.25) is 4.79 Å². The van der Waals surface area contributed by atoms with Gasteiger partial charge >= 0.3 is 0 Å². The molecule has 3 rings (SSSR count). The highest BCUT2D eigenvalue weighted by Crippen LogP contribution is 2.23. The van der Waals surface area contributed by atoms with Crippen LogP contribution < -0.4 is 0 Å². The van der Waals surface area contributed by atoms with Crippen LogP contribution in [0.2, 0.25) is 0 Å². The minimum Gasteiger partial charge on any atom is -0.338 e. The minimum atomic E-state index is 0.142. The van der Waals surface area contributed by atoms with Crippen molar-refractivity contribution < 1.29 is 4.79 Å². The van der Waals surface area contributed by atoms with E-state index in [4.69, 9.17) is 0 Å². The van der Waals surface area contributed by atoms with E-state index in [1.165, 1.54) is 17.3 Å². The van der Waals surface area contributed by atoms with Crippen LogP contribution in [0.15, 0.2) is 41.6 Å². The zero-order valence-corrected chi connectivity index (χ0v) is 17.3. The molecule has 3 aromatic rings. The molecule has 2 heterocycles. The van der Waals surface area contributed by atoms with Crippen molar-refractivity contribution in [3.8, 4) is 11.4 Å². The van der Waals surface area contributed by atoms with Gasteiger partial charge in [0.05, 0.1) is 21.8 Å². The Kier molecular flexibility index (Phi) is 5.85. The molecule has 0 aliphatic carbocycles. The number of aromatic nitrogens is 3. The third-order valence-corrected chi connectivity index (χ3v) is 5.32. The van der Waals surface area contributed by atoms with Crippen LogP contribution in [0.3, 0.4) is 0 Å². The molecule has 0 bridgehead atoms. The summed E-state index contributed by atoms with van der Waals surface area (Å²) in [5, 5.41) is 0.839. The van der Waals surface area contributed by atoms with E-state index in [1.807, 2.05) is 50.8 Å². The van der Waals surface area contributed by atoms with Gasteiger partial charge in [0.15, 0.2) is 0 Å². The Hall–Kier alpha value is -2.34. The number of benzene rings is 1. The van der Waals surface area contributed by atoms with E-state index in [2.05, 4.69) is 34.0 Å². The summed E-state index contributed by atoms with van der Waals surface area (Å²) in [7, 11) is 0. The summed E-state index contributed by atoms with van der Waals surface area (Å²) in [4.78, 5) is 26.9. The average Bonchev–Trinajstić information content (AvgIpc) is 3.03. The molecule has 1 amide bonds. The number of aryl methyl sites for hydroxylation is 1. The van der Waals surface area contributed by atoms with E-state index in [0.717, 1.165) is 27.4 Å². The predicted octanol–water partition coefficient (Wildman–Crippen LogP) is 4.67. The standard InChI is InChI=1S/C21H26N4OS/c1-13(2)25(14(3)4)20(26)12-27-19-9-7-16(11-22-19)21-23-17-8-6-15(5)10-18(17)24-21/h6-11,13-14H,12H2,1-5H3,(H,23,24). The quantitative estimate of drug-likeness (QED) is 0.629. The lowest BCUT2D eigenvalue weighted by Gasteiger charge is -2.30. The number of amides is 1. The molecule has 0 aliphatic rings. The van der Waals surface area contributed by atoms with E-state index < -0.39 is 0 Å². The van der Waals surface area contributed by atoms with Gasteiger partial charge in [-0.15, -0.1) is 0 Å². The van der Waals surface area contributed by atoms with Crippen molar-refractivity contribution in [2.45, 2.75) is 51.7 Å². The second kappa shape index (κ2) is 8.13. The SMILES string of the molecule is Cc1ccc2nc(-c3ccc(SCC(=O)N(C(C)C)C(C)C)nc3)[nH]c2c1. The average molecular weight is 383 g/mol. The monoisotopic (exact) mass is 382 g/mol. The van der Waals surface area contributed by atoms with Crippen molar-refractivity contribution in [2.24, 2.45) is 0 Å². The topological polar surface area (TPSA) is 61.9 Å². The van der Waals surface area contributed by atoms with Crippen molar-refractivity contribution >= 4 is 28.7 Å². The van der Waals surface area contributed by atoms with Gasteiger partial charge in [0.1, 0.15) is 5.82 Å². The Morgan fingerprint density at radius 2 is 1.89 bits per heavy atom. The van der Waals surface area contributed by atoms with Crippen molar-refractivity contribution in [1.82, 2.24) is 19.9 Å². The van der Waals surface area contributed by atoms with Crippen LogP contribution in [0.25, 0.3) is 22.4 Å². The number of carbonyl (C=O) groups is 1. The summed E-state index contributed by atoms with van der Waals surface area (Å²) in [6.45, 7) is 10.2. The third kappa shape index (κ3) is 4.50. The lowest BCUT2D eigenvalue weighted by molar-refractivity contribution is -0.131. The number of imidazole rings is 1. The molecular weight excluding hydrogens is 356 g/mol. The van der Waals surface area contributed by atoms with E-state index in [-0.39, 0.29) is 18.0 Å². The molecule has 0 saturated carbocycles. The van der Waals surface area contributed by atoms with Crippen LogP contribution >= 0.6 is 11.8 Å². The molecule has 2 aromatic heterocycles. The number of nitrogens with one attached hydrogen (secondary N) is 1. The summed E-state index contributed by atoms with van der Waals surface area (Å²) in [6.07, 6.45) is 1.81. The molecule has 0 spiro atoms. The number of pyridine rings is 1. The first-order valence-corrected chi connectivity index (χ1v) is 10.2. The van der Waals surface area contributed by atoms with Gasteiger partial charge in [-0.05, 0) is 64.4 Å². The number of hydrogen-bond acceptors (Lipinski definition) is 4. The molecule has 0 fully saturated rings. The van der Waals surface area contributed by atoms with Crippen LogP contribution in [0, 0.1) is 6.92 Å². The highest BCUT2D eigenvalue weighted by atomic mass is 32.2. The maximum atomic E-state index is 12.5. The first kappa shape index (κ1) is 19.4. The molecule has 5 nitrogen and oxygen atoms in total. The van der Waals surface area contributed by atoms with Gasteiger partial charge in [0, 0.05) is 23.8 Å². The number of H-pyrrole nitrogens is 1. The summed E-state index contributed by atoms with van der Waals surface area (Å²) in [5.74, 6) is 1.34. The lowest BCUT2D eigenvalue weighted by Crippen LogP contribution is -2.43. The molecular formula is C21H26N4OS. The fourth-order valence-corrected chi connectivity index (χ4v) is 3.96. The Balaban J connectivity index is 1.68.